The minimum absolute atomic E-state index is 0.281. The molecular weight excluding hydrogens is 328 g/mol. The number of aromatic nitrogens is 1. The maximum Gasteiger partial charge on any atom is 0.280 e. The molecule has 0 aliphatic heterocycles. The molecule has 6 nitrogen and oxygen atoms in total. The monoisotopic (exact) mass is 348 g/mol. The van der Waals surface area contributed by atoms with Crippen LogP contribution in [0.15, 0.2) is 47.5 Å². The molecule has 0 fully saturated rings. The third-order valence-corrected chi connectivity index (χ3v) is 4.12. The van der Waals surface area contributed by atoms with Crippen molar-refractivity contribution in [1.29, 1.82) is 0 Å². The molecule has 0 atom stereocenters. The van der Waals surface area contributed by atoms with Crippen molar-refractivity contribution in [3.05, 3.63) is 59.2 Å². The Kier molecular flexibility index (Phi) is 4.58. The van der Waals surface area contributed by atoms with E-state index in [9.17, 15) is 4.79 Å². The summed E-state index contributed by atoms with van der Waals surface area (Å²) in [5, 5.41) is 0.647. The van der Waals surface area contributed by atoms with Crippen molar-refractivity contribution in [2.75, 3.05) is 7.11 Å². The molecule has 0 spiro atoms. The van der Waals surface area contributed by atoms with E-state index in [1.165, 1.54) is 0 Å². The second-order valence-electron chi connectivity index (χ2n) is 6.08. The fourth-order valence-electron chi connectivity index (χ4n) is 2.94. The highest BCUT2D eigenvalue weighted by atomic mass is 16.5. The first kappa shape index (κ1) is 17.4. The maximum absolute atomic E-state index is 12.6. The van der Waals surface area contributed by atoms with Gasteiger partial charge in [-0.25, -0.2) is 4.98 Å². The molecule has 26 heavy (non-hydrogen) atoms. The SMILES string of the molecule is COc1cc(C)cc2c(C(=O)N=C(N)N)cc(-c3ccccc3C)nc12. The van der Waals surface area contributed by atoms with Crippen LogP contribution in [-0.2, 0) is 0 Å². The number of nitrogens with zero attached hydrogens (tertiary/aromatic N) is 2. The van der Waals surface area contributed by atoms with E-state index < -0.39 is 5.91 Å². The number of methoxy groups -OCH3 is 1. The number of rotatable bonds is 3. The van der Waals surface area contributed by atoms with E-state index in [0.717, 1.165) is 16.7 Å². The third-order valence-electron chi connectivity index (χ3n) is 4.12. The molecule has 0 bridgehead atoms. The molecule has 1 amide bonds. The Morgan fingerprint density at radius 1 is 1.12 bits per heavy atom. The molecule has 0 radical (unpaired) electrons. The normalized spacial score (nSPS) is 10.6. The summed E-state index contributed by atoms with van der Waals surface area (Å²) in [6.07, 6.45) is 0. The second-order valence-corrected chi connectivity index (χ2v) is 6.08. The van der Waals surface area contributed by atoms with Gasteiger partial charge in [0.15, 0.2) is 5.96 Å². The Bertz CT molecular complexity index is 1040. The predicted molar refractivity (Wildman–Crippen MR) is 103 cm³/mol. The van der Waals surface area contributed by atoms with Crippen LogP contribution >= 0.6 is 0 Å². The molecule has 3 rings (SSSR count). The molecule has 6 heteroatoms. The van der Waals surface area contributed by atoms with Gasteiger partial charge < -0.3 is 16.2 Å². The van der Waals surface area contributed by atoms with Gasteiger partial charge in [0.1, 0.15) is 11.3 Å². The van der Waals surface area contributed by atoms with Crippen LogP contribution in [0.1, 0.15) is 21.5 Å². The van der Waals surface area contributed by atoms with Gasteiger partial charge >= 0.3 is 0 Å². The molecule has 0 unspecified atom stereocenters. The highest BCUT2D eigenvalue weighted by molar-refractivity contribution is 6.11. The number of carbonyl (C=O) groups excluding carboxylic acids is 1. The molecule has 0 saturated heterocycles. The van der Waals surface area contributed by atoms with Crippen LogP contribution in [0.5, 0.6) is 5.75 Å². The standard InChI is InChI=1S/C20H20N4O2/c1-11-8-14-15(19(25)24-20(21)22)10-16(13-7-5-4-6-12(13)2)23-18(14)17(9-11)26-3/h4-10H,1-3H3,(H4,21,22,24,25). The first-order valence-electron chi connectivity index (χ1n) is 8.10. The van der Waals surface area contributed by atoms with Gasteiger partial charge in [-0.15, -0.1) is 0 Å². The molecule has 0 saturated carbocycles. The van der Waals surface area contributed by atoms with E-state index in [1.807, 2.05) is 50.2 Å². The Hall–Kier alpha value is -3.41. The van der Waals surface area contributed by atoms with E-state index in [0.29, 0.717) is 27.9 Å². The van der Waals surface area contributed by atoms with Gasteiger partial charge in [0.2, 0.25) is 0 Å². The van der Waals surface area contributed by atoms with E-state index in [4.69, 9.17) is 21.2 Å². The number of ether oxygens (including phenoxy) is 1. The largest absolute Gasteiger partial charge is 0.494 e. The van der Waals surface area contributed by atoms with Gasteiger partial charge in [0.05, 0.1) is 18.4 Å². The van der Waals surface area contributed by atoms with Crippen molar-refractivity contribution in [2.45, 2.75) is 13.8 Å². The second kappa shape index (κ2) is 6.84. The van der Waals surface area contributed by atoms with Crippen molar-refractivity contribution < 1.29 is 9.53 Å². The van der Waals surface area contributed by atoms with Gasteiger partial charge in [-0.2, -0.15) is 4.99 Å². The number of guanidine groups is 1. The summed E-state index contributed by atoms with van der Waals surface area (Å²) in [4.78, 5) is 21.1. The van der Waals surface area contributed by atoms with Crippen molar-refractivity contribution in [2.24, 2.45) is 16.5 Å². The van der Waals surface area contributed by atoms with Gasteiger partial charge in [-0.05, 0) is 43.2 Å². The molecule has 132 valence electrons. The highest BCUT2D eigenvalue weighted by Crippen LogP contribution is 2.33. The number of benzene rings is 2. The number of aryl methyl sites for hydroxylation is 2. The minimum Gasteiger partial charge on any atom is -0.494 e. The summed E-state index contributed by atoms with van der Waals surface area (Å²) in [6, 6.07) is 13.3. The molecule has 1 heterocycles. The number of amides is 1. The number of nitrogens with two attached hydrogens (primary N) is 2. The van der Waals surface area contributed by atoms with E-state index in [2.05, 4.69) is 4.99 Å². The topological polar surface area (TPSA) is 104 Å². The molecule has 0 aliphatic rings. The first-order valence-corrected chi connectivity index (χ1v) is 8.10. The summed E-state index contributed by atoms with van der Waals surface area (Å²) in [7, 11) is 1.58. The Morgan fingerprint density at radius 2 is 1.85 bits per heavy atom. The lowest BCUT2D eigenvalue weighted by Gasteiger charge is -2.13. The maximum atomic E-state index is 12.6. The Balaban J connectivity index is 2.39. The lowest BCUT2D eigenvalue weighted by atomic mass is 9.99. The van der Waals surface area contributed by atoms with Crippen molar-refractivity contribution in [3.8, 4) is 17.0 Å². The fraction of sp³-hybridized carbons (Fsp3) is 0.150. The summed E-state index contributed by atoms with van der Waals surface area (Å²) in [5.41, 5.74) is 15.3. The average Bonchev–Trinajstić information content (AvgIpc) is 2.60. The summed E-state index contributed by atoms with van der Waals surface area (Å²) in [6.45, 7) is 3.91. The lowest BCUT2D eigenvalue weighted by Crippen LogP contribution is -2.24. The zero-order valence-electron chi connectivity index (χ0n) is 14.9. The van der Waals surface area contributed by atoms with Crippen molar-refractivity contribution in [1.82, 2.24) is 4.98 Å². The minimum atomic E-state index is -0.514. The van der Waals surface area contributed by atoms with Crippen molar-refractivity contribution in [3.63, 3.8) is 0 Å². The van der Waals surface area contributed by atoms with Crippen LogP contribution in [0.3, 0.4) is 0 Å². The van der Waals surface area contributed by atoms with Crippen LogP contribution < -0.4 is 16.2 Å². The molecule has 4 N–H and O–H groups in total. The molecular formula is C20H20N4O2. The van der Waals surface area contributed by atoms with Crippen LogP contribution in [-0.4, -0.2) is 24.0 Å². The summed E-state index contributed by atoms with van der Waals surface area (Å²) >= 11 is 0. The number of carbonyl (C=O) groups is 1. The zero-order chi connectivity index (χ0) is 18.8. The predicted octanol–water partition coefficient (Wildman–Crippen LogP) is 2.94. The van der Waals surface area contributed by atoms with Crippen molar-refractivity contribution >= 4 is 22.8 Å². The van der Waals surface area contributed by atoms with Gasteiger partial charge in [0.25, 0.3) is 5.91 Å². The number of hydrogen-bond donors (Lipinski definition) is 2. The molecule has 1 aromatic heterocycles. The third kappa shape index (κ3) is 3.21. The summed E-state index contributed by atoms with van der Waals surface area (Å²) in [5.74, 6) is -0.203. The highest BCUT2D eigenvalue weighted by Gasteiger charge is 2.17. The van der Waals surface area contributed by atoms with Crippen LogP contribution in [0, 0.1) is 13.8 Å². The lowest BCUT2D eigenvalue weighted by molar-refractivity contribution is 0.100. The van der Waals surface area contributed by atoms with Crippen LogP contribution in [0.4, 0.5) is 0 Å². The number of pyridine rings is 1. The average molecular weight is 348 g/mol. The van der Waals surface area contributed by atoms with E-state index in [-0.39, 0.29) is 5.96 Å². The Labute approximate surface area is 151 Å². The Morgan fingerprint density at radius 3 is 2.50 bits per heavy atom. The number of hydrogen-bond acceptors (Lipinski definition) is 3. The van der Waals surface area contributed by atoms with Gasteiger partial charge in [-0.3, -0.25) is 4.79 Å². The van der Waals surface area contributed by atoms with Crippen LogP contribution in [0.25, 0.3) is 22.2 Å². The fourth-order valence-corrected chi connectivity index (χ4v) is 2.94. The van der Waals surface area contributed by atoms with Gasteiger partial charge in [0, 0.05) is 10.9 Å². The summed E-state index contributed by atoms with van der Waals surface area (Å²) < 4.78 is 5.49. The zero-order valence-corrected chi connectivity index (χ0v) is 14.9. The van der Waals surface area contributed by atoms with E-state index >= 15 is 0 Å². The molecule has 0 aliphatic carbocycles. The van der Waals surface area contributed by atoms with E-state index in [1.54, 1.807) is 13.2 Å². The smallest absolute Gasteiger partial charge is 0.280 e. The molecule has 2 aromatic carbocycles. The van der Waals surface area contributed by atoms with Crippen LogP contribution in [0.2, 0.25) is 0 Å². The molecule has 3 aromatic rings. The first-order chi connectivity index (χ1) is 12.4. The number of aliphatic imine (C=N–C) groups is 1. The quantitative estimate of drug-likeness (QED) is 0.559. The number of fused-ring (bicyclic) bond motifs is 1. The van der Waals surface area contributed by atoms with Gasteiger partial charge in [-0.1, -0.05) is 24.3 Å².